The normalized spacial score (nSPS) is 11.6. The average molecular weight is 550 g/mol. The highest BCUT2D eigenvalue weighted by atomic mass is 32.2. The Morgan fingerprint density at radius 1 is 0.605 bits per heavy atom. The van der Waals surface area contributed by atoms with Crippen LogP contribution in [0.25, 0.3) is 0 Å². The molecule has 0 fully saturated rings. The third kappa shape index (κ3) is 6.04. The first kappa shape index (κ1) is 26.9. The fourth-order valence-electron chi connectivity index (χ4n) is 3.72. The molecule has 1 amide bonds. The van der Waals surface area contributed by atoms with Crippen molar-refractivity contribution < 1.29 is 21.6 Å². The molecule has 196 valence electrons. The van der Waals surface area contributed by atoms with Crippen molar-refractivity contribution in [1.82, 2.24) is 0 Å². The summed E-state index contributed by atoms with van der Waals surface area (Å²) in [5.74, 6) is -0.465. The molecule has 0 aliphatic rings. The van der Waals surface area contributed by atoms with Gasteiger partial charge in [0.1, 0.15) is 0 Å². The molecule has 0 saturated carbocycles. The number of para-hydroxylation sites is 1. The van der Waals surface area contributed by atoms with Crippen LogP contribution >= 0.6 is 0 Å². The quantitative estimate of drug-likeness (QED) is 0.269. The minimum absolute atomic E-state index is 0.0439. The molecule has 4 rings (SSSR count). The minimum atomic E-state index is -3.84. The van der Waals surface area contributed by atoms with Crippen molar-refractivity contribution in [1.29, 1.82) is 0 Å². The summed E-state index contributed by atoms with van der Waals surface area (Å²) in [4.78, 5) is 13.2. The van der Waals surface area contributed by atoms with Crippen LogP contribution in [0.5, 0.6) is 0 Å². The van der Waals surface area contributed by atoms with Crippen LogP contribution in [0, 0.1) is 20.8 Å². The SMILES string of the molecule is Cc1ccc(S(=O)(=O)Nc2cccc(C(=O)Nc3ccc(S(=O)(=O)Nc4ccccc4C)cc3)c2C)cc1. The fraction of sp³-hybridized carbons (Fsp3) is 0.107. The van der Waals surface area contributed by atoms with E-state index in [2.05, 4.69) is 14.8 Å². The van der Waals surface area contributed by atoms with Gasteiger partial charge in [0.25, 0.3) is 26.0 Å². The Balaban J connectivity index is 1.49. The van der Waals surface area contributed by atoms with Gasteiger partial charge in [-0.2, -0.15) is 0 Å². The molecule has 0 bridgehead atoms. The van der Waals surface area contributed by atoms with Gasteiger partial charge in [-0.3, -0.25) is 14.2 Å². The Morgan fingerprint density at radius 2 is 1.13 bits per heavy atom. The van der Waals surface area contributed by atoms with Gasteiger partial charge in [-0.05, 0) is 86.5 Å². The van der Waals surface area contributed by atoms with E-state index >= 15 is 0 Å². The summed E-state index contributed by atoms with van der Waals surface area (Å²) in [7, 11) is -7.66. The number of nitrogens with one attached hydrogen (secondary N) is 3. The van der Waals surface area contributed by atoms with Crippen molar-refractivity contribution in [3.05, 3.63) is 113 Å². The van der Waals surface area contributed by atoms with Crippen molar-refractivity contribution in [2.75, 3.05) is 14.8 Å². The van der Waals surface area contributed by atoms with Crippen LogP contribution in [0.4, 0.5) is 17.1 Å². The number of carbonyl (C=O) groups is 1. The van der Waals surface area contributed by atoms with Crippen molar-refractivity contribution in [3.63, 3.8) is 0 Å². The van der Waals surface area contributed by atoms with E-state index in [4.69, 9.17) is 0 Å². The summed E-state index contributed by atoms with van der Waals surface area (Å²) in [6.07, 6.45) is 0. The molecule has 0 aromatic heterocycles. The lowest BCUT2D eigenvalue weighted by Gasteiger charge is -2.14. The maximum absolute atomic E-state index is 13.0. The topological polar surface area (TPSA) is 121 Å². The zero-order chi connectivity index (χ0) is 27.5. The van der Waals surface area contributed by atoms with E-state index in [1.165, 1.54) is 36.4 Å². The molecule has 0 radical (unpaired) electrons. The highest BCUT2D eigenvalue weighted by Gasteiger charge is 2.19. The first-order valence-electron chi connectivity index (χ1n) is 11.7. The lowest BCUT2D eigenvalue weighted by atomic mass is 10.1. The molecule has 0 heterocycles. The number of hydrogen-bond donors (Lipinski definition) is 3. The second-order valence-corrected chi connectivity index (χ2v) is 12.2. The molecule has 8 nitrogen and oxygen atoms in total. The standard InChI is InChI=1S/C28H27N3O5S2/c1-19-11-15-23(16-12-19)38(35,36)31-27-10-6-8-25(21(27)3)28(32)29-22-13-17-24(18-14-22)37(33,34)30-26-9-5-4-7-20(26)2/h4-18,30-31H,1-3H3,(H,29,32). The van der Waals surface area contributed by atoms with Crippen molar-refractivity contribution >= 4 is 43.0 Å². The molecular weight excluding hydrogens is 522 g/mol. The minimum Gasteiger partial charge on any atom is -0.322 e. The molecular formula is C28H27N3O5S2. The van der Waals surface area contributed by atoms with E-state index in [0.29, 0.717) is 16.9 Å². The van der Waals surface area contributed by atoms with Crippen LogP contribution in [-0.2, 0) is 20.0 Å². The van der Waals surface area contributed by atoms with Gasteiger partial charge in [0.2, 0.25) is 0 Å². The first-order chi connectivity index (χ1) is 18.0. The van der Waals surface area contributed by atoms with Gasteiger partial charge < -0.3 is 5.32 Å². The Hall–Kier alpha value is -4.15. The van der Waals surface area contributed by atoms with Gasteiger partial charge >= 0.3 is 0 Å². The van der Waals surface area contributed by atoms with Gasteiger partial charge in [0.15, 0.2) is 0 Å². The Morgan fingerprint density at radius 3 is 1.74 bits per heavy atom. The summed E-state index contributed by atoms with van der Waals surface area (Å²) in [6.45, 7) is 5.32. The van der Waals surface area contributed by atoms with Crippen molar-refractivity contribution in [3.8, 4) is 0 Å². The fourth-order valence-corrected chi connectivity index (χ4v) is 5.97. The molecule has 4 aromatic carbocycles. The number of rotatable bonds is 8. The average Bonchev–Trinajstić information content (AvgIpc) is 2.87. The van der Waals surface area contributed by atoms with E-state index in [0.717, 1.165) is 11.1 Å². The number of amides is 1. The molecule has 0 unspecified atom stereocenters. The zero-order valence-electron chi connectivity index (χ0n) is 21.0. The van der Waals surface area contributed by atoms with Crippen LogP contribution in [0.2, 0.25) is 0 Å². The molecule has 38 heavy (non-hydrogen) atoms. The molecule has 4 aromatic rings. The van der Waals surface area contributed by atoms with E-state index in [1.54, 1.807) is 62.4 Å². The van der Waals surface area contributed by atoms with E-state index < -0.39 is 26.0 Å². The number of carbonyl (C=O) groups excluding carboxylic acids is 1. The highest BCUT2D eigenvalue weighted by molar-refractivity contribution is 7.93. The van der Waals surface area contributed by atoms with Gasteiger partial charge in [0.05, 0.1) is 21.2 Å². The molecule has 0 atom stereocenters. The first-order valence-corrected chi connectivity index (χ1v) is 14.6. The molecule has 3 N–H and O–H groups in total. The number of hydrogen-bond acceptors (Lipinski definition) is 5. The van der Waals surface area contributed by atoms with Crippen LogP contribution in [0.15, 0.2) is 101 Å². The van der Waals surface area contributed by atoms with Gasteiger partial charge in [-0.1, -0.05) is 42.0 Å². The third-order valence-electron chi connectivity index (χ3n) is 5.97. The van der Waals surface area contributed by atoms with Gasteiger partial charge in [-0.15, -0.1) is 0 Å². The van der Waals surface area contributed by atoms with Crippen molar-refractivity contribution in [2.45, 2.75) is 30.6 Å². The number of anilines is 3. The number of sulfonamides is 2. The second-order valence-electron chi connectivity index (χ2n) is 8.80. The predicted molar refractivity (Wildman–Crippen MR) is 150 cm³/mol. The summed E-state index contributed by atoms with van der Waals surface area (Å²) in [6, 6.07) is 24.0. The Kier molecular flexibility index (Phi) is 7.56. The van der Waals surface area contributed by atoms with Crippen LogP contribution in [-0.4, -0.2) is 22.7 Å². The van der Waals surface area contributed by atoms with Crippen molar-refractivity contribution in [2.24, 2.45) is 0 Å². The summed E-state index contributed by atoms with van der Waals surface area (Å²) in [5, 5.41) is 2.73. The van der Waals surface area contributed by atoms with Crippen LogP contribution in [0.1, 0.15) is 27.0 Å². The Labute approximate surface area is 222 Å². The van der Waals surface area contributed by atoms with Crippen LogP contribution < -0.4 is 14.8 Å². The maximum atomic E-state index is 13.0. The van der Waals surface area contributed by atoms with Gasteiger partial charge in [-0.25, -0.2) is 16.8 Å². The molecule has 0 spiro atoms. The Bertz CT molecular complexity index is 1700. The summed E-state index contributed by atoms with van der Waals surface area (Å²) < 4.78 is 56.3. The largest absolute Gasteiger partial charge is 0.322 e. The predicted octanol–water partition coefficient (Wildman–Crippen LogP) is 5.47. The summed E-state index contributed by atoms with van der Waals surface area (Å²) in [5.41, 5.74) is 3.59. The molecule has 0 aliphatic heterocycles. The second kappa shape index (κ2) is 10.7. The highest BCUT2D eigenvalue weighted by Crippen LogP contribution is 2.25. The lowest BCUT2D eigenvalue weighted by Crippen LogP contribution is -2.17. The smallest absolute Gasteiger partial charge is 0.261 e. The van der Waals surface area contributed by atoms with Crippen LogP contribution in [0.3, 0.4) is 0 Å². The third-order valence-corrected chi connectivity index (χ3v) is 8.73. The van der Waals surface area contributed by atoms with E-state index in [1.807, 2.05) is 13.0 Å². The lowest BCUT2D eigenvalue weighted by molar-refractivity contribution is 0.102. The zero-order valence-corrected chi connectivity index (χ0v) is 22.7. The molecule has 0 saturated heterocycles. The van der Waals surface area contributed by atoms with E-state index in [-0.39, 0.29) is 21.0 Å². The molecule has 0 aliphatic carbocycles. The monoisotopic (exact) mass is 549 g/mol. The summed E-state index contributed by atoms with van der Waals surface area (Å²) >= 11 is 0. The number of benzene rings is 4. The molecule has 10 heteroatoms. The van der Waals surface area contributed by atoms with Gasteiger partial charge in [0, 0.05) is 11.3 Å². The maximum Gasteiger partial charge on any atom is 0.261 e. The van der Waals surface area contributed by atoms with E-state index in [9.17, 15) is 21.6 Å². The number of aryl methyl sites for hydroxylation is 2.